The molecule has 0 saturated carbocycles. The molecule has 0 amide bonds. The van der Waals surface area contributed by atoms with Crippen LogP contribution in [0.4, 0.5) is 0 Å². The number of nitrogens with one attached hydrogen (secondary N) is 1. The predicted octanol–water partition coefficient (Wildman–Crippen LogP) is 5.47. The van der Waals surface area contributed by atoms with Crippen LogP contribution in [-0.2, 0) is 6.54 Å². The van der Waals surface area contributed by atoms with E-state index in [1.54, 1.807) is 0 Å². The van der Waals surface area contributed by atoms with Gasteiger partial charge in [-0.3, -0.25) is 0 Å². The van der Waals surface area contributed by atoms with Gasteiger partial charge >= 0.3 is 0 Å². The second-order valence-corrected chi connectivity index (χ2v) is 6.28. The van der Waals surface area contributed by atoms with Crippen molar-refractivity contribution in [3.05, 3.63) is 58.1 Å². The van der Waals surface area contributed by atoms with Gasteiger partial charge in [-0.1, -0.05) is 48.8 Å². The average Bonchev–Trinajstić information content (AvgIpc) is 2.48. The number of hydrogen-bond acceptors (Lipinski definition) is 2. The first-order chi connectivity index (χ1) is 10.1. The molecule has 0 atom stereocenters. The summed E-state index contributed by atoms with van der Waals surface area (Å²) in [5, 5.41) is 3.32. The molecule has 0 radical (unpaired) electrons. The minimum Gasteiger partial charge on any atom is -0.457 e. The SMILES string of the molecule is CCNCc1ccc(Oc2ccc(Br)cc2C(C)C)cc1. The molecule has 0 spiro atoms. The highest BCUT2D eigenvalue weighted by molar-refractivity contribution is 9.10. The molecule has 112 valence electrons. The average molecular weight is 348 g/mol. The van der Waals surface area contributed by atoms with Gasteiger partial charge in [0.25, 0.3) is 0 Å². The quantitative estimate of drug-likeness (QED) is 0.747. The van der Waals surface area contributed by atoms with Crippen molar-refractivity contribution in [3.63, 3.8) is 0 Å². The van der Waals surface area contributed by atoms with Crippen LogP contribution < -0.4 is 10.1 Å². The third-order valence-electron chi connectivity index (χ3n) is 3.32. The lowest BCUT2D eigenvalue weighted by Gasteiger charge is -2.14. The fraction of sp³-hybridized carbons (Fsp3) is 0.333. The highest BCUT2D eigenvalue weighted by Gasteiger charge is 2.09. The van der Waals surface area contributed by atoms with Crippen molar-refractivity contribution < 1.29 is 4.74 Å². The Hall–Kier alpha value is -1.32. The molecule has 2 aromatic carbocycles. The van der Waals surface area contributed by atoms with Gasteiger partial charge in [-0.2, -0.15) is 0 Å². The molecule has 0 unspecified atom stereocenters. The lowest BCUT2D eigenvalue weighted by molar-refractivity contribution is 0.472. The Labute approximate surface area is 135 Å². The molecule has 21 heavy (non-hydrogen) atoms. The van der Waals surface area contributed by atoms with Crippen LogP contribution >= 0.6 is 15.9 Å². The Bertz CT molecular complexity index is 578. The van der Waals surface area contributed by atoms with Crippen LogP contribution in [-0.4, -0.2) is 6.54 Å². The Morgan fingerprint density at radius 3 is 2.43 bits per heavy atom. The van der Waals surface area contributed by atoms with Crippen LogP contribution in [0.25, 0.3) is 0 Å². The van der Waals surface area contributed by atoms with Crippen molar-refractivity contribution >= 4 is 15.9 Å². The minimum absolute atomic E-state index is 0.422. The van der Waals surface area contributed by atoms with Gasteiger partial charge in [0, 0.05) is 11.0 Å². The van der Waals surface area contributed by atoms with Crippen LogP contribution in [0.1, 0.15) is 37.8 Å². The van der Waals surface area contributed by atoms with Gasteiger partial charge in [-0.05, 0) is 53.9 Å². The molecule has 1 N–H and O–H groups in total. The van der Waals surface area contributed by atoms with E-state index in [9.17, 15) is 0 Å². The number of benzene rings is 2. The molecule has 2 nitrogen and oxygen atoms in total. The van der Waals surface area contributed by atoms with E-state index in [0.717, 1.165) is 29.1 Å². The van der Waals surface area contributed by atoms with Crippen LogP contribution in [0, 0.1) is 0 Å². The van der Waals surface area contributed by atoms with E-state index >= 15 is 0 Å². The first-order valence-electron chi connectivity index (χ1n) is 7.37. The maximum atomic E-state index is 6.04. The van der Waals surface area contributed by atoms with E-state index in [0.29, 0.717) is 5.92 Å². The Morgan fingerprint density at radius 1 is 1.10 bits per heavy atom. The van der Waals surface area contributed by atoms with Gasteiger partial charge < -0.3 is 10.1 Å². The summed E-state index contributed by atoms with van der Waals surface area (Å²) < 4.78 is 7.13. The second kappa shape index (κ2) is 7.62. The van der Waals surface area contributed by atoms with E-state index in [1.165, 1.54) is 11.1 Å². The number of rotatable bonds is 6. The molecular formula is C18H22BrNO. The molecule has 0 heterocycles. The maximum Gasteiger partial charge on any atom is 0.130 e. The van der Waals surface area contributed by atoms with Crippen molar-refractivity contribution in [3.8, 4) is 11.5 Å². The fourth-order valence-corrected chi connectivity index (χ4v) is 2.51. The zero-order valence-corrected chi connectivity index (χ0v) is 14.4. The van der Waals surface area contributed by atoms with Gasteiger partial charge in [0.05, 0.1) is 0 Å². The van der Waals surface area contributed by atoms with E-state index in [-0.39, 0.29) is 0 Å². The standard InChI is InChI=1S/C18H22BrNO/c1-4-20-12-14-5-8-16(9-6-14)21-18-10-7-15(19)11-17(18)13(2)3/h5-11,13,20H,4,12H2,1-3H3. The molecule has 0 aliphatic carbocycles. The summed E-state index contributed by atoms with van der Waals surface area (Å²) in [6.45, 7) is 8.34. The normalized spacial score (nSPS) is 10.9. The van der Waals surface area contributed by atoms with E-state index < -0.39 is 0 Å². The van der Waals surface area contributed by atoms with Crippen LogP contribution in [0.5, 0.6) is 11.5 Å². The summed E-state index contributed by atoms with van der Waals surface area (Å²) in [6, 6.07) is 14.4. The number of ether oxygens (including phenoxy) is 1. The zero-order chi connectivity index (χ0) is 15.2. The van der Waals surface area contributed by atoms with E-state index in [4.69, 9.17) is 4.74 Å². The second-order valence-electron chi connectivity index (χ2n) is 5.36. The predicted molar refractivity (Wildman–Crippen MR) is 92.1 cm³/mol. The minimum atomic E-state index is 0.422. The molecule has 0 aliphatic rings. The first kappa shape index (κ1) is 16.1. The fourth-order valence-electron chi connectivity index (χ4n) is 2.14. The monoisotopic (exact) mass is 347 g/mol. The van der Waals surface area contributed by atoms with Crippen molar-refractivity contribution in [2.45, 2.75) is 33.2 Å². The highest BCUT2D eigenvalue weighted by Crippen LogP contribution is 2.32. The first-order valence-corrected chi connectivity index (χ1v) is 8.16. The van der Waals surface area contributed by atoms with Gasteiger partial charge in [0.1, 0.15) is 11.5 Å². The van der Waals surface area contributed by atoms with Gasteiger partial charge in [0.15, 0.2) is 0 Å². The van der Waals surface area contributed by atoms with Crippen molar-refractivity contribution in [1.29, 1.82) is 0 Å². The van der Waals surface area contributed by atoms with E-state index in [2.05, 4.69) is 60.2 Å². The van der Waals surface area contributed by atoms with Crippen molar-refractivity contribution in [2.24, 2.45) is 0 Å². The molecule has 0 fully saturated rings. The van der Waals surface area contributed by atoms with Crippen molar-refractivity contribution in [1.82, 2.24) is 5.32 Å². The van der Waals surface area contributed by atoms with Crippen LogP contribution in [0.2, 0.25) is 0 Å². The molecule has 0 bridgehead atoms. The van der Waals surface area contributed by atoms with Crippen molar-refractivity contribution in [2.75, 3.05) is 6.54 Å². The molecule has 2 aromatic rings. The Balaban J connectivity index is 2.14. The summed E-state index contributed by atoms with van der Waals surface area (Å²) in [5.41, 5.74) is 2.48. The zero-order valence-electron chi connectivity index (χ0n) is 12.8. The summed E-state index contributed by atoms with van der Waals surface area (Å²) in [5.74, 6) is 2.22. The van der Waals surface area contributed by atoms with Crippen LogP contribution in [0.15, 0.2) is 46.9 Å². The molecule has 0 aromatic heterocycles. The smallest absolute Gasteiger partial charge is 0.130 e. The summed E-state index contributed by atoms with van der Waals surface area (Å²) in [6.07, 6.45) is 0. The topological polar surface area (TPSA) is 21.3 Å². The molecule has 3 heteroatoms. The largest absolute Gasteiger partial charge is 0.457 e. The lowest BCUT2D eigenvalue weighted by Crippen LogP contribution is -2.11. The summed E-state index contributed by atoms with van der Waals surface area (Å²) in [7, 11) is 0. The van der Waals surface area contributed by atoms with Gasteiger partial charge in [-0.25, -0.2) is 0 Å². The third kappa shape index (κ3) is 4.58. The Kier molecular flexibility index (Phi) is 5.83. The van der Waals surface area contributed by atoms with E-state index in [1.807, 2.05) is 24.3 Å². The van der Waals surface area contributed by atoms with Crippen LogP contribution in [0.3, 0.4) is 0 Å². The highest BCUT2D eigenvalue weighted by atomic mass is 79.9. The maximum absolute atomic E-state index is 6.04. The van der Waals surface area contributed by atoms with Gasteiger partial charge in [0.2, 0.25) is 0 Å². The summed E-state index contributed by atoms with van der Waals surface area (Å²) >= 11 is 3.52. The molecular weight excluding hydrogens is 326 g/mol. The molecule has 2 rings (SSSR count). The molecule has 0 aliphatic heterocycles. The Morgan fingerprint density at radius 2 is 1.81 bits per heavy atom. The molecule has 0 saturated heterocycles. The lowest BCUT2D eigenvalue weighted by atomic mass is 10.0. The number of halogens is 1. The van der Waals surface area contributed by atoms with Gasteiger partial charge in [-0.15, -0.1) is 0 Å². The number of hydrogen-bond donors (Lipinski definition) is 1. The summed E-state index contributed by atoms with van der Waals surface area (Å²) in [4.78, 5) is 0. The third-order valence-corrected chi connectivity index (χ3v) is 3.82.